The van der Waals surface area contributed by atoms with Gasteiger partial charge in [0.15, 0.2) is 4.84 Å². The third kappa shape index (κ3) is 6.85. The molecule has 2 rings (SSSR count). The van der Waals surface area contributed by atoms with Gasteiger partial charge in [-0.25, -0.2) is 21.9 Å². The van der Waals surface area contributed by atoms with Crippen LogP contribution >= 0.6 is 23.2 Å². The van der Waals surface area contributed by atoms with E-state index in [1.807, 2.05) is 0 Å². The van der Waals surface area contributed by atoms with Crippen molar-refractivity contribution in [1.82, 2.24) is 15.0 Å². The Morgan fingerprint density at radius 2 is 1.87 bits per heavy atom. The molecule has 0 saturated heterocycles. The number of nitrogens with one attached hydrogen (secondary N) is 2. The van der Waals surface area contributed by atoms with Gasteiger partial charge in [-0.3, -0.25) is 9.78 Å². The standard InChI is InChI=1S/C18H19Cl2F2N3O4S/c1-30(28,29)24-9-15-13(22)6-12(8-23-15)10-2-4-11(5-3-10)16(26)14(7-21)25-18(27)17(19)20/h2-6,8,14,16-17,24,26H,7,9H2,1H3,(H,25,27)/t14-,16-/m1/s1. The number of hydrogen-bond acceptors (Lipinski definition) is 5. The van der Waals surface area contributed by atoms with Gasteiger partial charge in [-0.05, 0) is 17.2 Å². The van der Waals surface area contributed by atoms with Crippen LogP contribution in [0.15, 0.2) is 36.5 Å². The van der Waals surface area contributed by atoms with Gasteiger partial charge in [-0.2, -0.15) is 0 Å². The van der Waals surface area contributed by atoms with Crippen LogP contribution in [0.2, 0.25) is 0 Å². The average molecular weight is 482 g/mol. The van der Waals surface area contributed by atoms with Crippen molar-refractivity contribution in [3.8, 4) is 11.1 Å². The van der Waals surface area contributed by atoms with Crippen molar-refractivity contribution in [2.45, 2.75) is 23.5 Å². The Morgan fingerprint density at radius 3 is 2.37 bits per heavy atom. The summed E-state index contributed by atoms with van der Waals surface area (Å²) in [6.07, 6.45) is 0.969. The molecule has 1 heterocycles. The molecule has 2 atom stereocenters. The zero-order valence-electron chi connectivity index (χ0n) is 15.6. The van der Waals surface area contributed by atoms with Crippen LogP contribution in [0.3, 0.4) is 0 Å². The highest BCUT2D eigenvalue weighted by Gasteiger charge is 2.25. The Kier molecular flexibility index (Phi) is 8.51. The lowest BCUT2D eigenvalue weighted by Gasteiger charge is -2.22. The Morgan fingerprint density at radius 1 is 1.23 bits per heavy atom. The molecule has 12 heteroatoms. The summed E-state index contributed by atoms with van der Waals surface area (Å²) in [7, 11) is -3.48. The summed E-state index contributed by atoms with van der Waals surface area (Å²) in [5.41, 5.74) is 1.22. The van der Waals surface area contributed by atoms with Gasteiger partial charge in [-0.15, -0.1) is 0 Å². The maximum atomic E-state index is 14.2. The molecule has 0 spiro atoms. The van der Waals surface area contributed by atoms with Crippen molar-refractivity contribution in [2.24, 2.45) is 0 Å². The molecule has 2 aromatic rings. The normalized spacial score (nSPS) is 13.8. The van der Waals surface area contributed by atoms with E-state index >= 15 is 0 Å². The molecule has 1 aromatic carbocycles. The number of amides is 1. The number of rotatable bonds is 9. The van der Waals surface area contributed by atoms with Gasteiger partial charge < -0.3 is 10.4 Å². The zero-order chi connectivity index (χ0) is 22.5. The van der Waals surface area contributed by atoms with Crippen molar-refractivity contribution in [3.63, 3.8) is 0 Å². The van der Waals surface area contributed by atoms with Crippen molar-refractivity contribution >= 4 is 39.1 Å². The number of aliphatic hydroxyl groups is 1. The van der Waals surface area contributed by atoms with E-state index in [2.05, 4.69) is 15.0 Å². The summed E-state index contributed by atoms with van der Waals surface area (Å²) in [5.74, 6) is -1.52. The van der Waals surface area contributed by atoms with Gasteiger partial charge in [0.25, 0.3) is 5.91 Å². The number of hydrogen-bond donors (Lipinski definition) is 3. The second-order valence-electron chi connectivity index (χ2n) is 6.38. The van der Waals surface area contributed by atoms with Gasteiger partial charge in [0.1, 0.15) is 18.6 Å². The monoisotopic (exact) mass is 481 g/mol. The van der Waals surface area contributed by atoms with Gasteiger partial charge in [-0.1, -0.05) is 47.5 Å². The molecule has 0 saturated carbocycles. The first-order valence-electron chi connectivity index (χ1n) is 8.53. The number of carbonyl (C=O) groups excluding carboxylic acids is 1. The molecule has 0 unspecified atom stereocenters. The lowest BCUT2D eigenvalue weighted by atomic mass is 9.99. The van der Waals surface area contributed by atoms with E-state index in [4.69, 9.17) is 23.2 Å². The quantitative estimate of drug-likeness (QED) is 0.475. The number of halogens is 4. The van der Waals surface area contributed by atoms with Crippen LogP contribution in [-0.2, 0) is 21.4 Å². The Hall–Kier alpha value is -1.85. The first kappa shape index (κ1) is 24.4. The summed E-state index contributed by atoms with van der Waals surface area (Å²) >= 11 is 10.8. The fraction of sp³-hybridized carbons (Fsp3) is 0.333. The van der Waals surface area contributed by atoms with Crippen molar-refractivity contribution in [2.75, 3.05) is 12.9 Å². The molecule has 0 radical (unpaired) electrons. The largest absolute Gasteiger partial charge is 0.386 e. The summed E-state index contributed by atoms with van der Waals surface area (Å²) in [5, 5.41) is 12.5. The minimum atomic E-state index is -3.48. The molecule has 0 aliphatic rings. The second kappa shape index (κ2) is 10.5. The van der Waals surface area contributed by atoms with E-state index in [1.165, 1.54) is 24.4 Å². The highest BCUT2D eigenvalue weighted by Crippen LogP contribution is 2.25. The molecular weight excluding hydrogens is 463 g/mol. The van der Waals surface area contributed by atoms with E-state index in [0.29, 0.717) is 16.7 Å². The van der Waals surface area contributed by atoms with Crippen LogP contribution in [0.1, 0.15) is 17.4 Å². The number of alkyl halides is 3. The van der Waals surface area contributed by atoms with E-state index in [1.54, 1.807) is 12.1 Å². The number of benzene rings is 1. The van der Waals surface area contributed by atoms with Crippen molar-refractivity contribution < 1.29 is 27.1 Å². The predicted octanol–water partition coefficient (Wildman–Crippen LogP) is 2.23. The Labute approximate surface area is 182 Å². The smallest absolute Gasteiger partial charge is 0.253 e. The van der Waals surface area contributed by atoms with Crippen molar-refractivity contribution in [1.29, 1.82) is 0 Å². The second-order valence-corrected chi connectivity index (χ2v) is 9.31. The van der Waals surface area contributed by atoms with Gasteiger partial charge in [0, 0.05) is 11.8 Å². The molecule has 1 amide bonds. The first-order chi connectivity index (χ1) is 14.0. The minimum Gasteiger partial charge on any atom is -0.386 e. The van der Waals surface area contributed by atoms with E-state index in [0.717, 1.165) is 6.26 Å². The number of aliphatic hydroxyl groups excluding tert-OH is 1. The van der Waals surface area contributed by atoms with Crippen LogP contribution < -0.4 is 10.0 Å². The van der Waals surface area contributed by atoms with E-state index in [9.17, 15) is 27.1 Å². The number of aromatic nitrogens is 1. The number of carbonyl (C=O) groups is 1. The third-order valence-electron chi connectivity index (χ3n) is 4.08. The highest BCUT2D eigenvalue weighted by atomic mass is 35.5. The maximum absolute atomic E-state index is 14.2. The molecule has 7 nitrogen and oxygen atoms in total. The molecule has 0 bridgehead atoms. The molecule has 0 fully saturated rings. The zero-order valence-corrected chi connectivity index (χ0v) is 18.0. The van der Waals surface area contributed by atoms with Gasteiger partial charge >= 0.3 is 0 Å². The topological polar surface area (TPSA) is 108 Å². The summed E-state index contributed by atoms with van der Waals surface area (Å²) in [4.78, 5) is 14.1. The van der Waals surface area contributed by atoms with Gasteiger partial charge in [0.2, 0.25) is 10.0 Å². The molecule has 1 aromatic heterocycles. The minimum absolute atomic E-state index is 0.0605. The van der Waals surface area contributed by atoms with Crippen LogP contribution in [0.5, 0.6) is 0 Å². The summed E-state index contributed by atoms with van der Waals surface area (Å²) in [6.45, 7) is -1.33. The summed E-state index contributed by atoms with van der Waals surface area (Å²) in [6, 6.07) is 6.06. The molecule has 0 aliphatic heterocycles. The molecule has 30 heavy (non-hydrogen) atoms. The van der Waals surface area contributed by atoms with Crippen LogP contribution in [0.25, 0.3) is 11.1 Å². The van der Waals surface area contributed by atoms with Crippen molar-refractivity contribution in [3.05, 3.63) is 53.6 Å². The van der Waals surface area contributed by atoms with E-state index in [-0.39, 0.29) is 12.2 Å². The molecule has 0 aliphatic carbocycles. The number of pyridine rings is 1. The van der Waals surface area contributed by atoms with Crippen LogP contribution in [0, 0.1) is 5.82 Å². The van der Waals surface area contributed by atoms with Gasteiger partial charge in [0.05, 0.1) is 24.5 Å². The Bertz CT molecular complexity index is 991. The first-order valence-corrected chi connectivity index (χ1v) is 11.3. The maximum Gasteiger partial charge on any atom is 0.253 e. The lowest BCUT2D eigenvalue weighted by Crippen LogP contribution is -2.43. The molecule has 3 N–H and O–H groups in total. The average Bonchev–Trinajstić information content (AvgIpc) is 2.69. The molecule has 164 valence electrons. The lowest BCUT2D eigenvalue weighted by molar-refractivity contribution is -0.121. The highest BCUT2D eigenvalue weighted by molar-refractivity contribution is 7.88. The number of sulfonamides is 1. The van der Waals surface area contributed by atoms with Crippen LogP contribution in [-0.4, -0.2) is 48.2 Å². The molecular formula is C18H19Cl2F2N3O4S. The fourth-order valence-corrected chi connectivity index (χ4v) is 3.03. The van der Waals surface area contributed by atoms with E-state index < -0.39 is 45.4 Å². The summed E-state index contributed by atoms with van der Waals surface area (Å²) < 4.78 is 51.8. The predicted molar refractivity (Wildman–Crippen MR) is 110 cm³/mol. The SMILES string of the molecule is CS(=O)(=O)NCc1ncc(-c2ccc([C@@H](O)[C@@H](CF)NC(=O)C(Cl)Cl)cc2)cc1F. The van der Waals surface area contributed by atoms with Crippen LogP contribution in [0.4, 0.5) is 8.78 Å². The fourth-order valence-electron chi connectivity index (χ4n) is 2.51. The number of nitrogens with zero attached hydrogens (tertiary/aromatic N) is 1. The third-order valence-corrected chi connectivity index (χ3v) is 5.14. The Balaban J connectivity index is 2.14.